The van der Waals surface area contributed by atoms with E-state index < -0.39 is 16.5 Å². The minimum Gasteiger partial charge on any atom is -0.354 e. The molecule has 20 heavy (non-hydrogen) atoms. The predicted octanol–water partition coefficient (Wildman–Crippen LogP) is -0.501. The molecular formula is C11H13N5O4. The van der Waals surface area contributed by atoms with Gasteiger partial charge in [0.1, 0.15) is 11.3 Å². The van der Waals surface area contributed by atoms with Crippen LogP contribution in [0.5, 0.6) is 0 Å². The normalized spacial score (nSPS) is 17.4. The Morgan fingerprint density at radius 2 is 2.25 bits per heavy atom. The van der Waals surface area contributed by atoms with Gasteiger partial charge in [-0.3, -0.25) is 25.5 Å². The molecule has 0 spiro atoms. The fourth-order valence-electron chi connectivity index (χ4n) is 2.01. The largest absolute Gasteiger partial charge is 0.354 e. The van der Waals surface area contributed by atoms with E-state index in [0.717, 1.165) is 0 Å². The van der Waals surface area contributed by atoms with Gasteiger partial charge in [0, 0.05) is 13.0 Å². The summed E-state index contributed by atoms with van der Waals surface area (Å²) >= 11 is 0. The maximum atomic E-state index is 12.1. The first-order valence-corrected chi connectivity index (χ1v) is 5.84. The van der Waals surface area contributed by atoms with Gasteiger partial charge in [0.15, 0.2) is 0 Å². The number of carbonyl (C=O) groups excluding carboxylic acids is 2. The highest BCUT2D eigenvalue weighted by atomic mass is 16.6. The SMILES string of the molecule is NNc1cccc(C(=O)NC2CNC(=O)C2)c1[N+](=O)[O-]. The van der Waals surface area contributed by atoms with Gasteiger partial charge in [-0.15, -0.1) is 0 Å². The molecule has 1 fully saturated rings. The van der Waals surface area contributed by atoms with E-state index in [1.54, 1.807) is 0 Å². The van der Waals surface area contributed by atoms with Gasteiger partial charge in [-0.25, -0.2) is 0 Å². The molecule has 1 aromatic carbocycles. The number of amides is 2. The van der Waals surface area contributed by atoms with Crippen LogP contribution in [0.3, 0.4) is 0 Å². The molecule has 1 unspecified atom stereocenters. The third kappa shape index (κ3) is 2.67. The van der Waals surface area contributed by atoms with Gasteiger partial charge in [0.05, 0.1) is 11.0 Å². The van der Waals surface area contributed by atoms with Crippen LogP contribution < -0.4 is 21.9 Å². The lowest BCUT2D eigenvalue weighted by molar-refractivity contribution is -0.384. The van der Waals surface area contributed by atoms with Crippen molar-refractivity contribution in [3.05, 3.63) is 33.9 Å². The zero-order valence-corrected chi connectivity index (χ0v) is 10.4. The number of nitro groups is 1. The van der Waals surface area contributed by atoms with Gasteiger partial charge in [-0.2, -0.15) is 0 Å². The Bertz CT molecular complexity index is 574. The number of anilines is 1. The van der Waals surface area contributed by atoms with Gasteiger partial charge < -0.3 is 16.1 Å². The molecule has 106 valence electrons. The van der Waals surface area contributed by atoms with E-state index in [-0.39, 0.29) is 29.6 Å². The van der Waals surface area contributed by atoms with E-state index in [4.69, 9.17) is 5.84 Å². The number of hydrazine groups is 1. The highest BCUT2D eigenvalue weighted by Gasteiger charge is 2.28. The average Bonchev–Trinajstić information content (AvgIpc) is 2.82. The predicted molar refractivity (Wildman–Crippen MR) is 69.8 cm³/mol. The number of benzene rings is 1. The van der Waals surface area contributed by atoms with Crippen molar-refractivity contribution in [2.45, 2.75) is 12.5 Å². The quantitative estimate of drug-likeness (QED) is 0.333. The number of nitrogens with one attached hydrogen (secondary N) is 3. The molecule has 1 saturated heterocycles. The van der Waals surface area contributed by atoms with E-state index in [1.165, 1.54) is 18.2 Å². The maximum absolute atomic E-state index is 12.1. The number of hydrogen-bond donors (Lipinski definition) is 4. The number of hydrogen-bond acceptors (Lipinski definition) is 6. The molecule has 0 radical (unpaired) electrons. The van der Waals surface area contributed by atoms with Crippen LogP contribution in [0.15, 0.2) is 18.2 Å². The number of rotatable bonds is 4. The highest BCUT2D eigenvalue weighted by molar-refractivity contribution is 6.01. The van der Waals surface area contributed by atoms with Crippen molar-refractivity contribution >= 4 is 23.2 Å². The molecule has 0 aromatic heterocycles. The summed E-state index contributed by atoms with van der Waals surface area (Å²) in [4.78, 5) is 33.5. The summed E-state index contributed by atoms with van der Waals surface area (Å²) in [5.41, 5.74) is 1.72. The zero-order chi connectivity index (χ0) is 14.7. The van der Waals surface area contributed by atoms with E-state index in [1.807, 2.05) is 0 Å². The van der Waals surface area contributed by atoms with Crippen LogP contribution in [0, 0.1) is 10.1 Å². The second-order valence-electron chi connectivity index (χ2n) is 4.28. The van der Waals surface area contributed by atoms with Crippen LogP contribution in [0.25, 0.3) is 0 Å². The van der Waals surface area contributed by atoms with Gasteiger partial charge in [0.25, 0.3) is 5.91 Å². The molecule has 0 bridgehead atoms. The summed E-state index contributed by atoms with van der Waals surface area (Å²) in [5, 5.41) is 16.2. The molecule has 1 atom stereocenters. The minimum atomic E-state index is -0.678. The van der Waals surface area contributed by atoms with Crippen molar-refractivity contribution in [1.82, 2.24) is 10.6 Å². The summed E-state index contributed by atoms with van der Waals surface area (Å²) in [5.74, 6) is 4.42. The molecule has 2 rings (SSSR count). The van der Waals surface area contributed by atoms with Crippen molar-refractivity contribution in [3.63, 3.8) is 0 Å². The van der Waals surface area contributed by atoms with Crippen molar-refractivity contribution in [2.75, 3.05) is 12.0 Å². The van der Waals surface area contributed by atoms with Gasteiger partial charge >= 0.3 is 5.69 Å². The van der Waals surface area contributed by atoms with E-state index in [0.29, 0.717) is 6.54 Å². The van der Waals surface area contributed by atoms with Crippen LogP contribution in [-0.4, -0.2) is 29.3 Å². The third-order valence-corrected chi connectivity index (χ3v) is 2.93. The van der Waals surface area contributed by atoms with Crippen LogP contribution in [0.2, 0.25) is 0 Å². The van der Waals surface area contributed by atoms with Crippen molar-refractivity contribution in [3.8, 4) is 0 Å². The Morgan fingerprint density at radius 3 is 2.80 bits per heavy atom. The highest BCUT2D eigenvalue weighted by Crippen LogP contribution is 2.27. The second-order valence-corrected chi connectivity index (χ2v) is 4.28. The summed E-state index contributed by atoms with van der Waals surface area (Å²) < 4.78 is 0. The molecule has 1 aliphatic heterocycles. The Labute approximate surface area is 113 Å². The van der Waals surface area contributed by atoms with Gasteiger partial charge in [0.2, 0.25) is 5.91 Å². The smallest absolute Gasteiger partial charge is 0.306 e. The Balaban J connectivity index is 2.25. The number of nitrogens with two attached hydrogens (primary N) is 1. The molecular weight excluding hydrogens is 266 g/mol. The lowest BCUT2D eigenvalue weighted by Gasteiger charge is -2.11. The molecule has 9 nitrogen and oxygen atoms in total. The average molecular weight is 279 g/mol. The van der Waals surface area contributed by atoms with E-state index in [9.17, 15) is 19.7 Å². The minimum absolute atomic E-state index is 0.0447. The van der Waals surface area contributed by atoms with Crippen molar-refractivity contribution in [1.29, 1.82) is 0 Å². The number of carbonyl (C=O) groups is 2. The standard InChI is InChI=1S/C11H13N5O4/c12-15-8-3-1-2-7(10(8)16(19)20)11(18)14-6-4-9(17)13-5-6/h1-3,6,15H,4-5,12H2,(H,13,17)(H,14,18). The fraction of sp³-hybridized carbons (Fsp3) is 0.273. The van der Waals surface area contributed by atoms with Gasteiger partial charge in [-0.05, 0) is 12.1 Å². The van der Waals surface area contributed by atoms with Crippen molar-refractivity contribution < 1.29 is 14.5 Å². The Kier molecular flexibility index (Phi) is 3.80. The second kappa shape index (κ2) is 5.53. The summed E-state index contributed by atoms with van der Waals surface area (Å²) in [6.45, 7) is 0.313. The Hall–Kier alpha value is -2.68. The number of nitrogen functional groups attached to an aromatic ring is 1. The van der Waals surface area contributed by atoms with E-state index in [2.05, 4.69) is 16.1 Å². The van der Waals surface area contributed by atoms with Crippen LogP contribution in [0.1, 0.15) is 16.8 Å². The van der Waals surface area contributed by atoms with Crippen molar-refractivity contribution in [2.24, 2.45) is 5.84 Å². The molecule has 9 heteroatoms. The first kappa shape index (κ1) is 13.7. The summed E-state index contributed by atoms with van der Waals surface area (Å²) in [6, 6.07) is 3.84. The summed E-state index contributed by atoms with van der Waals surface area (Å²) in [6.07, 6.45) is 0.161. The third-order valence-electron chi connectivity index (χ3n) is 2.93. The fourth-order valence-corrected chi connectivity index (χ4v) is 2.01. The lowest BCUT2D eigenvalue weighted by atomic mass is 10.1. The molecule has 1 aromatic rings. The number of nitrogens with zero attached hydrogens (tertiary/aromatic N) is 1. The molecule has 1 heterocycles. The molecule has 2 amide bonds. The molecule has 0 saturated carbocycles. The maximum Gasteiger partial charge on any atom is 0.306 e. The lowest BCUT2D eigenvalue weighted by Crippen LogP contribution is -2.36. The molecule has 0 aliphatic carbocycles. The first-order valence-electron chi connectivity index (χ1n) is 5.84. The number of para-hydroxylation sites is 1. The van der Waals surface area contributed by atoms with E-state index >= 15 is 0 Å². The Morgan fingerprint density at radius 1 is 1.50 bits per heavy atom. The zero-order valence-electron chi connectivity index (χ0n) is 10.4. The number of nitro benzene ring substituents is 1. The van der Waals surface area contributed by atoms with Gasteiger partial charge in [-0.1, -0.05) is 6.07 Å². The topological polar surface area (TPSA) is 139 Å². The van der Waals surface area contributed by atoms with Crippen LogP contribution in [-0.2, 0) is 4.79 Å². The summed E-state index contributed by atoms with van der Waals surface area (Å²) in [7, 11) is 0. The van der Waals surface area contributed by atoms with Crippen LogP contribution in [0.4, 0.5) is 11.4 Å². The molecule has 1 aliphatic rings. The van der Waals surface area contributed by atoms with Crippen LogP contribution >= 0.6 is 0 Å². The monoisotopic (exact) mass is 279 g/mol. The molecule has 5 N–H and O–H groups in total. The first-order chi connectivity index (χ1) is 9.52.